The molecular formula is C18H32N4O2. The van der Waals surface area contributed by atoms with Crippen LogP contribution in [0.2, 0.25) is 0 Å². The van der Waals surface area contributed by atoms with Crippen molar-refractivity contribution in [3.8, 4) is 0 Å². The van der Waals surface area contributed by atoms with E-state index in [1.165, 1.54) is 19.3 Å². The van der Waals surface area contributed by atoms with Crippen LogP contribution in [0.1, 0.15) is 52.2 Å². The van der Waals surface area contributed by atoms with Gasteiger partial charge in [0, 0.05) is 13.1 Å². The third-order valence-corrected chi connectivity index (χ3v) is 3.87. The monoisotopic (exact) mass is 336 g/mol. The zero-order valence-corrected chi connectivity index (χ0v) is 15.2. The number of hydrogen-bond acceptors (Lipinski definition) is 3. The third-order valence-electron chi connectivity index (χ3n) is 3.87. The van der Waals surface area contributed by atoms with Gasteiger partial charge in [0.05, 0.1) is 12.8 Å². The minimum absolute atomic E-state index is 0.0990. The number of nitrogens with zero attached hydrogens (tertiary/aromatic N) is 1. The Balaban J connectivity index is 2.38. The van der Waals surface area contributed by atoms with Crippen molar-refractivity contribution in [2.45, 2.75) is 53.0 Å². The Morgan fingerprint density at radius 1 is 1.25 bits per heavy atom. The molecule has 0 saturated heterocycles. The Labute approximate surface area is 145 Å². The number of amides is 1. The number of carbonyl (C=O) groups excluding carboxylic acids is 1. The van der Waals surface area contributed by atoms with E-state index >= 15 is 0 Å². The van der Waals surface area contributed by atoms with E-state index in [9.17, 15) is 4.79 Å². The van der Waals surface area contributed by atoms with Crippen molar-refractivity contribution in [2.75, 3.05) is 19.6 Å². The first-order valence-corrected chi connectivity index (χ1v) is 9.00. The van der Waals surface area contributed by atoms with Crippen LogP contribution in [0.4, 0.5) is 0 Å². The molecule has 6 nitrogen and oxygen atoms in total. The first-order chi connectivity index (χ1) is 11.7. The molecule has 3 N–H and O–H groups in total. The van der Waals surface area contributed by atoms with Gasteiger partial charge in [-0.2, -0.15) is 0 Å². The lowest BCUT2D eigenvalue weighted by Crippen LogP contribution is -2.40. The van der Waals surface area contributed by atoms with Gasteiger partial charge < -0.3 is 20.4 Å². The Morgan fingerprint density at radius 3 is 2.71 bits per heavy atom. The summed E-state index contributed by atoms with van der Waals surface area (Å²) in [6.07, 6.45) is 6.44. The molecule has 0 aliphatic carbocycles. The first kappa shape index (κ1) is 20.1. The van der Waals surface area contributed by atoms with Gasteiger partial charge in [-0.15, -0.1) is 0 Å². The zero-order valence-electron chi connectivity index (χ0n) is 15.2. The molecule has 0 spiro atoms. The molecule has 136 valence electrons. The molecule has 0 radical (unpaired) electrons. The van der Waals surface area contributed by atoms with Crippen LogP contribution in [0.15, 0.2) is 27.8 Å². The number of furan rings is 1. The molecule has 1 unspecified atom stereocenters. The lowest BCUT2D eigenvalue weighted by molar-refractivity contribution is -0.119. The fourth-order valence-electron chi connectivity index (χ4n) is 2.33. The van der Waals surface area contributed by atoms with Gasteiger partial charge in [-0.3, -0.25) is 4.79 Å². The summed E-state index contributed by atoms with van der Waals surface area (Å²) in [6.45, 7) is 8.59. The van der Waals surface area contributed by atoms with Crippen LogP contribution in [0.3, 0.4) is 0 Å². The molecule has 1 amide bonds. The van der Waals surface area contributed by atoms with Crippen LogP contribution in [-0.2, 0) is 11.3 Å². The molecule has 0 saturated carbocycles. The van der Waals surface area contributed by atoms with E-state index in [4.69, 9.17) is 4.42 Å². The number of carbonyl (C=O) groups is 1. The molecule has 0 aliphatic rings. The number of rotatable bonds is 11. The van der Waals surface area contributed by atoms with Gasteiger partial charge >= 0.3 is 0 Å². The van der Waals surface area contributed by atoms with E-state index in [1.54, 1.807) is 12.3 Å². The quantitative estimate of drug-likeness (QED) is 0.429. The van der Waals surface area contributed by atoms with Crippen LogP contribution >= 0.6 is 0 Å². The summed E-state index contributed by atoms with van der Waals surface area (Å²) in [4.78, 5) is 16.2. The lowest BCUT2D eigenvalue weighted by atomic mass is 9.99. The van der Waals surface area contributed by atoms with Crippen molar-refractivity contribution in [3.63, 3.8) is 0 Å². The van der Waals surface area contributed by atoms with Crippen molar-refractivity contribution in [3.05, 3.63) is 24.2 Å². The maximum absolute atomic E-state index is 11.9. The standard InChI is InChI=1S/C18H32N4O2/c1-4-7-9-15(5-2)12-21-18(19-6-3)22-14-17(23)20-13-16-10-8-11-24-16/h8,10-11,15H,4-7,9,12-14H2,1-3H3,(H,20,23)(H2,19,21,22). The summed E-state index contributed by atoms with van der Waals surface area (Å²) in [5.74, 6) is 1.95. The van der Waals surface area contributed by atoms with Crippen molar-refractivity contribution < 1.29 is 9.21 Å². The molecule has 1 aromatic rings. The fraction of sp³-hybridized carbons (Fsp3) is 0.667. The second kappa shape index (κ2) is 12.4. The molecule has 1 heterocycles. The van der Waals surface area contributed by atoms with Gasteiger partial charge in [0.2, 0.25) is 5.91 Å². The topological polar surface area (TPSA) is 78.7 Å². The Kier molecular flexibility index (Phi) is 10.4. The average molecular weight is 336 g/mol. The number of hydrogen-bond donors (Lipinski definition) is 3. The zero-order chi connectivity index (χ0) is 17.6. The van der Waals surface area contributed by atoms with Crippen LogP contribution in [0, 0.1) is 5.92 Å². The van der Waals surface area contributed by atoms with E-state index in [-0.39, 0.29) is 12.5 Å². The smallest absolute Gasteiger partial charge is 0.242 e. The second-order valence-corrected chi connectivity index (χ2v) is 5.85. The summed E-state index contributed by atoms with van der Waals surface area (Å²) in [6, 6.07) is 3.63. The minimum Gasteiger partial charge on any atom is -0.467 e. The van der Waals surface area contributed by atoms with Crippen molar-refractivity contribution in [1.29, 1.82) is 0 Å². The summed E-state index contributed by atoms with van der Waals surface area (Å²) in [5.41, 5.74) is 0. The van der Waals surface area contributed by atoms with E-state index in [0.29, 0.717) is 18.4 Å². The molecule has 0 aliphatic heterocycles. The largest absolute Gasteiger partial charge is 0.467 e. The highest BCUT2D eigenvalue weighted by molar-refractivity contribution is 5.84. The summed E-state index contributed by atoms with van der Waals surface area (Å²) in [5, 5.41) is 9.32. The molecule has 0 aromatic carbocycles. The average Bonchev–Trinajstić information content (AvgIpc) is 3.11. The van der Waals surface area contributed by atoms with Gasteiger partial charge in [0.25, 0.3) is 0 Å². The van der Waals surface area contributed by atoms with Gasteiger partial charge in [-0.1, -0.05) is 33.1 Å². The van der Waals surface area contributed by atoms with Crippen LogP contribution in [-0.4, -0.2) is 31.5 Å². The van der Waals surface area contributed by atoms with Crippen molar-refractivity contribution in [2.24, 2.45) is 10.9 Å². The second-order valence-electron chi connectivity index (χ2n) is 5.85. The van der Waals surface area contributed by atoms with Crippen molar-refractivity contribution in [1.82, 2.24) is 16.0 Å². The molecule has 1 aromatic heterocycles. The highest BCUT2D eigenvalue weighted by Crippen LogP contribution is 2.10. The molecular weight excluding hydrogens is 304 g/mol. The van der Waals surface area contributed by atoms with Crippen molar-refractivity contribution >= 4 is 11.9 Å². The Hall–Kier alpha value is -1.98. The fourth-order valence-corrected chi connectivity index (χ4v) is 2.33. The minimum atomic E-state index is -0.123. The van der Waals surface area contributed by atoms with E-state index in [2.05, 4.69) is 34.8 Å². The number of aliphatic imine (C=N–C) groups is 1. The molecule has 0 fully saturated rings. The van der Waals surface area contributed by atoms with Gasteiger partial charge in [0.15, 0.2) is 5.96 Å². The number of nitrogens with one attached hydrogen (secondary N) is 3. The van der Waals surface area contributed by atoms with E-state index in [0.717, 1.165) is 25.3 Å². The van der Waals surface area contributed by atoms with E-state index in [1.807, 2.05) is 13.0 Å². The van der Waals surface area contributed by atoms with Crippen LogP contribution < -0.4 is 16.0 Å². The molecule has 24 heavy (non-hydrogen) atoms. The maximum Gasteiger partial charge on any atom is 0.242 e. The Morgan fingerprint density at radius 2 is 2.08 bits per heavy atom. The summed E-state index contributed by atoms with van der Waals surface area (Å²) < 4.78 is 5.18. The summed E-state index contributed by atoms with van der Waals surface area (Å²) in [7, 11) is 0. The van der Waals surface area contributed by atoms with E-state index < -0.39 is 0 Å². The lowest BCUT2D eigenvalue weighted by Gasteiger charge is -2.17. The number of guanidine groups is 1. The van der Waals surface area contributed by atoms with Gasteiger partial charge in [0.1, 0.15) is 12.3 Å². The summed E-state index contributed by atoms with van der Waals surface area (Å²) >= 11 is 0. The normalized spacial score (nSPS) is 12.7. The van der Waals surface area contributed by atoms with Gasteiger partial charge in [-0.05, 0) is 31.4 Å². The first-order valence-electron chi connectivity index (χ1n) is 9.00. The van der Waals surface area contributed by atoms with Crippen LogP contribution in [0.25, 0.3) is 0 Å². The van der Waals surface area contributed by atoms with Crippen LogP contribution in [0.5, 0.6) is 0 Å². The third kappa shape index (κ3) is 8.60. The highest BCUT2D eigenvalue weighted by atomic mass is 16.3. The SMILES string of the molecule is CCCCC(CC)CNC(=NCC(=O)NCc1ccco1)NCC. The molecule has 0 bridgehead atoms. The Bertz CT molecular complexity index is 471. The highest BCUT2D eigenvalue weighted by Gasteiger charge is 2.08. The molecule has 1 rings (SSSR count). The molecule has 1 atom stereocenters. The van der Waals surface area contributed by atoms with Gasteiger partial charge in [-0.25, -0.2) is 4.99 Å². The number of unbranched alkanes of at least 4 members (excludes halogenated alkanes) is 1. The predicted octanol–water partition coefficient (Wildman–Crippen LogP) is 2.67. The predicted molar refractivity (Wildman–Crippen MR) is 97.8 cm³/mol. The molecule has 6 heteroatoms. The maximum atomic E-state index is 11.9.